The average Bonchev–Trinajstić information content (AvgIpc) is 3.11. The maximum Gasteiger partial charge on any atom is 0.244 e. The van der Waals surface area contributed by atoms with Gasteiger partial charge in [-0.1, -0.05) is 6.07 Å². The van der Waals surface area contributed by atoms with E-state index < -0.39 is 0 Å². The molecule has 22 heavy (non-hydrogen) atoms. The number of aromatic nitrogens is 3. The summed E-state index contributed by atoms with van der Waals surface area (Å²) in [7, 11) is 3.43. The zero-order valence-electron chi connectivity index (χ0n) is 12.7. The maximum atomic E-state index is 12.4. The van der Waals surface area contributed by atoms with E-state index in [4.69, 9.17) is 4.74 Å². The second-order valence-corrected chi connectivity index (χ2v) is 5.26. The topological polar surface area (TPSA) is 72.3 Å². The molecule has 1 atom stereocenters. The molecule has 1 fully saturated rings. The number of carbonyl (C=O) groups excluding carboxylic acids is 1. The highest BCUT2D eigenvalue weighted by molar-refractivity contribution is 5.99. The number of carbonyl (C=O) groups is 1. The van der Waals surface area contributed by atoms with E-state index in [9.17, 15) is 4.79 Å². The number of ether oxygens (including phenoxy) is 1. The lowest BCUT2D eigenvalue weighted by Crippen LogP contribution is -2.38. The zero-order chi connectivity index (χ0) is 15.5. The van der Waals surface area contributed by atoms with Crippen LogP contribution < -0.4 is 15.0 Å². The fourth-order valence-corrected chi connectivity index (χ4v) is 2.57. The zero-order valence-corrected chi connectivity index (χ0v) is 12.7. The number of nitrogens with one attached hydrogen (secondary N) is 1. The van der Waals surface area contributed by atoms with Crippen LogP contribution >= 0.6 is 0 Å². The number of nitrogens with zero attached hydrogens (tertiary/aromatic N) is 4. The van der Waals surface area contributed by atoms with Crippen molar-refractivity contribution in [3.05, 3.63) is 36.3 Å². The molecule has 0 spiro atoms. The van der Waals surface area contributed by atoms with E-state index >= 15 is 0 Å². The molecule has 1 aliphatic rings. The molecular formula is C15H19N5O2. The quantitative estimate of drug-likeness (QED) is 0.881. The fraction of sp³-hybridized carbons (Fsp3) is 0.400. The first-order valence-corrected chi connectivity index (χ1v) is 7.20. The molecule has 2 aromatic rings. The Labute approximate surface area is 128 Å². The normalized spacial score (nSPS) is 18.0. The molecule has 0 saturated carbocycles. The van der Waals surface area contributed by atoms with Crippen molar-refractivity contribution in [2.45, 2.75) is 19.0 Å². The summed E-state index contributed by atoms with van der Waals surface area (Å²) in [5.41, 5.74) is 1.70. The summed E-state index contributed by atoms with van der Waals surface area (Å²) in [6.45, 7) is 1.24. The van der Waals surface area contributed by atoms with E-state index in [0.29, 0.717) is 19.0 Å². The van der Waals surface area contributed by atoms with Crippen LogP contribution in [0.2, 0.25) is 0 Å². The Morgan fingerprint density at radius 3 is 3.05 bits per heavy atom. The molecule has 1 amide bonds. The highest BCUT2D eigenvalue weighted by atomic mass is 16.5. The monoisotopic (exact) mass is 301 g/mol. The van der Waals surface area contributed by atoms with Gasteiger partial charge in [-0.2, -0.15) is 5.10 Å². The fourth-order valence-electron chi connectivity index (χ4n) is 2.57. The first-order chi connectivity index (χ1) is 10.7. The van der Waals surface area contributed by atoms with Crippen molar-refractivity contribution >= 4 is 11.6 Å². The molecule has 7 nitrogen and oxygen atoms in total. The molecule has 3 heterocycles. The third-order valence-corrected chi connectivity index (χ3v) is 3.73. The molecule has 2 aromatic heterocycles. The molecule has 1 N–H and O–H groups in total. The van der Waals surface area contributed by atoms with E-state index in [1.54, 1.807) is 29.0 Å². The summed E-state index contributed by atoms with van der Waals surface area (Å²) in [6.07, 6.45) is 4.34. The van der Waals surface area contributed by atoms with Crippen molar-refractivity contribution in [1.29, 1.82) is 0 Å². The minimum absolute atomic E-state index is 0.0795. The van der Waals surface area contributed by atoms with Crippen LogP contribution in [-0.4, -0.2) is 40.4 Å². The van der Waals surface area contributed by atoms with Gasteiger partial charge in [0.25, 0.3) is 0 Å². The third-order valence-electron chi connectivity index (χ3n) is 3.73. The highest BCUT2D eigenvalue weighted by Gasteiger charge is 2.32. The summed E-state index contributed by atoms with van der Waals surface area (Å²) in [4.78, 5) is 18.5. The molecule has 0 bridgehead atoms. The molecule has 1 saturated heterocycles. The van der Waals surface area contributed by atoms with E-state index in [0.717, 1.165) is 17.8 Å². The predicted octanol–water partition coefficient (Wildman–Crippen LogP) is 0.719. The number of methoxy groups -OCH3 is 1. The molecule has 0 aromatic carbocycles. The number of rotatable bonds is 5. The number of hydrogen-bond donors (Lipinski definition) is 1. The third kappa shape index (κ3) is 2.94. The van der Waals surface area contributed by atoms with Crippen molar-refractivity contribution in [1.82, 2.24) is 20.1 Å². The van der Waals surface area contributed by atoms with Gasteiger partial charge in [-0.25, -0.2) is 4.98 Å². The van der Waals surface area contributed by atoms with Crippen LogP contribution in [0.1, 0.15) is 12.1 Å². The largest absolute Gasteiger partial charge is 0.481 e. The Morgan fingerprint density at radius 2 is 2.32 bits per heavy atom. The summed E-state index contributed by atoms with van der Waals surface area (Å²) >= 11 is 0. The van der Waals surface area contributed by atoms with Crippen LogP contribution in [-0.2, 0) is 18.4 Å². The molecule has 7 heteroatoms. The van der Waals surface area contributed by atoms with Crippen LogP contribution in [0.15, 0.2) is 30.6 Å². The first-order valence-electron chi connectivity index (χ1n) is 7.20. The van der Waals surface area contributed by atoms with Crippen molar-refractivity contribution in [3.63, 3.8) is 0 Å². The SMILES string of the molecule is COc1cccc(CNC2CCN(c3cnn(C)c3)C2=O)n1. The van der Waals surface area contributed by atoms with Crippen LogP contribution in [0.25, 0.3) is 0 Å². The Kier molecular flexibility index (Phi) is 4.06. The standard InChI is InChI=1S/C15H19N5O2/c1-19-10-12(9-17-19)20-7-6-13(15(20)21)16-8-11-4-3-5-14(18-11)22-2/h3-5,9-10,13,16H,6-8H2,1-2H3. The van der Waals surface area contributed by atoms with Gasteiger partial charge in [0.05, 0.1) is 30.7 Å². The highest BCUT2D eigenvalue weighted by Crippen LogP contribution is 2.20. The lowest BCUT2D eigenvalue weighted by molar-refractivity contribution is -0.118. The summed E-state index contributed by atoms with van der Waals surface area (Å²) < 4.78 is 6.80. The van der Waals surface area contributed by atoms with Gasteiger partial charge in [0.1, 0.15) is 0 Å². The van der Waals surface area contributed by atoms with Crippen molar-refractivity contribution in [3.8, 4) is 5.88 Å². The van der Waals surface area contributed by atoms with Gasteiger partial charge in [0, 0.05) is 32.4 Å². The van der Waals surface area contributed by atoms with E-state index in [2.05, 4.69) is 15.4 Å². The molecule has 116 valence electrons. The Morgan fingerprint density at radius 1 is 1.45 bits per heavy atom. The minimum Gasteiger partial charge on any atom is -0.481 e. The molecular weight excluding hydrogens is 282 g/mol. The van der Waals surface area contributed by atoms with Crippen LogP contribution in [0.3, 0.4) is 0 Å². The average molecular weight is 301 g/mol. The lowest BCUT2D eigenvalue weighted by Gasteiger charge is -2.15. The number of aryl methyl sites for hydroxylation is 1. The lowest BCUT2D eigenvalue weighted by atomic mass is 10.2. The summed E-state index contributed by atoms with van der Waals surface area (Å²) in [5, 5.41) is 7.38. The van der Waals surface area contributed by atoms with Crippen molar-refractivity contribution < 1.29 is 9.53 Å². The molecule has 1 aliphatic heterocycles. The van der Waals surface area contributed by atoms with Crippen LogP contribution in [0.4, 0.5) is 5.69 Å². The first kappa shape index (κ1) is 14.5. The minimum atomic E-state index is -0.187. The second-order valence-electron chi connectivity index (χ2n) is 5.26. The van der Waals surface area contributed by atoms with E-state index in [-0.39, 0.29) is 11.9 Å². The van der Waals surface area contributed by atoms with Crippen LogP contribution in [0.5, 0.6) is 5.88 Å². The van der Waals surface area contributed by atoms with Gasteiger partial charge in [0.2, 0.25) is 11.8 Å². The van der Waals surface area contributed by atoms with Crippen molar-refractivity contribution in [2.75, 3.05) is 18.6 Å². The van der Waals surface area contributed by atoms with Gasteiger partial charge in [-0.15, -0.1) is 0 Å². The number of pyridine rings is 1. The maximum absolute atomic E-state index is 12.4. The Hall–Kier alpha value is -2.41. The van der Waals surface area contributed by atoms with Gasteiger partial charge in [-0.05, 0) is 12.5 Å². The molecule has 1 unspecified atom stereocenters. The van der Waals surface area contributed by atoms with E-state index in [1.807, 2.05) is 25.4 Å². The number of anilines is 1. The molecule has 0 radical (unpaired) electrons. The Balaban J connectivity index is 1.61. The van der Waals surface area contributed by atoms with Crippen LogP contribution in [0, 0.1) is 0 Å². The van der Waals surface area contributed by atoms with Gasteiger partial charge >= 0.3 is 0 Å². The van der Waals surface area contributed by atoms with Gasteiger partial charge < -0.3 is 15.0 Å². The second kappa shape index (κ2) is 6.15. The molecule has 3 rings (SSSR count). The Bertz CT molecular complexity index is 669. The van der Waals surface area contributed by atoms with Gasteiger partial charge in [-0.3, -0.25) is 9.48 Å². The number of amides is 1. The molecule has 0 aliphatic carbocycles. The van der Waals surface area contributed by atoms with Crippen molar-refractivity contribution in [2.24, 2.45) is 7.05 Å². The summed E-state index contributed by atoms with van der Waals surface area (Å²) in [5.74, 6) is 0.657. The number of hydrogen-bond acceptors (Lipinski definition) is 5. The smallest absolute Gasteiger partial charge is 0.244 e. The summed E-state index contributed by atoms with van der Waals surface area (Å²) in [6, 6.07) is 5.41. The van der Waals surface area contributed by atoms with Gasteiger partial charge in [0.15, 0.2) is 0 Å². The van der Waals surface area contributed by atoms with E-state index in [1.165, 1.54) is 0 Å². The predicted molar refractivity (Wildman–Crippen MR) is 81.6 cm³/mol.